The van der Waals surface area contributed by atoms with Crippen molar-refractivity contribution in [2.45, 2.75) is 46.0 Å². The number of benzene rings is 1. The molecule has 1 nitrogen and oxygen atoms in total. The number of furan rings is 1. The molecule has 0 saturated carbocycles. The second-order valence-electron chi connectivity index (χ2n) is 4.54. The maximum Gasteiger partial charge on any atom is 0.134 e. The highest BCUT2D eigenvalue weighted by Gasteiger charge is 2.01. The van der Waals surface area contributed by atoms with Crippen LogP contribution in [0.2, 0.25) is 0 Å². The lowest BCUT2D eigenvalue weighted by Crippen LogP contribution is -1.85. The van der Waals surface area contributed by atoms with Gasteiger partial charge in [-0.3, -0.25) is 0 Å². The smallest absolute Gasteiger partial charge is 0.134 e. The normalized spacial score (nSPS) is 11.1. The van der Waals surface area contributed by atoms with Crippen molar-refractivity contribution < 1.29 is 4.42 Å². The van der Waals surface area contributed by atoms with Crippen molar-refractivity contribution in [1.29, 1.82) is 0 Å². The zero-order valence-corrected chi connectivity index (χ0v) is 10.3. The third-order valence-corrected chi connectivity index (χ3v) is 3.02. The number of unbranched alkanes of at least 4 members (excludes halogenated alkanes) is 3. The van der Waals surface area contributed by atoms with Gasteiger partial charge in [-0.05, 0) is 43.5 Å². The monoisotopic (exact) mass is 216 g/mol. The SMILES string of the molecule is CCCCCCc1ccc2oc(C)cc2c1. The molecule has 16 heavy (non-hydrogen) atoms. The van der Waals surface area contributed by atoms with Gasteiger partial charge in [0.25, 0.3) is 0 Å². The number of rotatable bonds is 5. The first kappa shape index (κ1) is 11.3. The Morgan fingerprint density at radius 2 is 1.94 bits per heavy atom. The Morgan fingerprint density at radius 3 is 2.75 bits per heavy atom. The summed E-state index contributed by atoms with van der Waals surface area (Å²) in [4.78, 5) is 0. The zero-order chi connectivity index (χ0) is 11.4. The van der Waals surface area contributed by atoms with Gasteiger partial charge in [0, 0.05) is 5.39 Å². The molecule has 2 aromatic rings. The van der Waals surface area contributed by atoms with E-state index in [2.05, 4.69) is 31.2 Å². The Bertz CT molecular complexity index is 453. The minimum Gasteiger partial charge on any atom is -0.461 e. The van der Waals surface area contributed by atoms with Crippen molar-refractivity contribution in [3.05, 3.63) is 35.6 Å². The van der Waals surface area contributed by atoms with E-state index in [9.17, 15) is 0 Å². The van der Waals surface area contributed by atoms with Gasteiger partial charge in [-0.2, -0.15) is 0 Å². The lowest BCUT2D eigenvalue weighted by molar-refractivity contribution is 0.578. The van der Waals surface area contributed by atoms with Gasteiger partial charge in [-0.15, -0.1) is 0 Å². The molecule has 0 amide bonds. The highest BCUT2D eigenvalue weighted by Crippen LogP contribution is 2.21. The van der Waals surface area contributed by atoms with E-state index in [1.807, 2.05) is 6.92 Å². The van der Waals surface area contributed by atoms with Crippen LogP contribution in [0.15, 0.2) is 28.7 Å². The molecule has 0 N–H and O–H groups in total. The maximum atomic E-state index is 5.57. The molecule has 1 aromatic carbocycles. The molecular weight excluding hydrogens is 196 g/mol. The molecule has 86 valence electrons. The van der Waals surface area contributed by atoms with E-state index < -0.39 is 0 Å². The van der Waals surface area contributed by atoms with Crippen LogP contribution < -0.4 is 0 Å². The second-order valence-corrected chi connectivity index (χ2v) is 4.54. The fourth-order valence-electron chi connectivity index (χ4n) is 2.14. The van der Waals surface area contributed by atoms with Gasteiger partial charge in [0.1, 0.15) is 11.3 Å². The molecule has 0 aliphatic heterocycles. The van der Waals surface area contributed by atoms with E-state index in [-0.39, 0.29) is 0 Å². The molecule has 0 fully saturated rings. The highest BCUT2D eigenvalue weighted by atomic mass is 16.3. The van der Waals surface area contributed by atoms with Crippen LogP contribution in [0.4, 0.5) is 0 Å². The minimum absolute atomic E-state index is 0.998. The minimum atomic E-state index is 0.998. The quantitative estimate of drug-likeness (QED) is 0.650. The molecule has 0 atom stereocenters. The standard InChI is InChI=1S/C15H20O/c1-3-4-5-6-7-13-8-9-15-14(11-13)10-12(2)16-15/h8-11H,3-7H2,1-2H3. The van der Waals surface area contributed by atoms with E-state index in [4.69, 9.17) is 4.42 Å². The Balaban J connectivity index is 2.02. The summed E-state index contributed by atoms with van der Waals surface area (Å²) >= 11 is 0. The molecule has 0 saturated heterocycles. The van der Waals surface area contributed by atoms with E-state index in [0.717, 1.165) is 11.3 Å². The average Bonchev–Trinajstić information content (AvgIpc) is 2.64. The zero-order valence-electron chi connectivity index (χ0n) is 10.3. The molecule has 0 bridgehead atoms. The van der Waals surface area contributed by atoms with E-state index >= 15 is 0 Å². The van der Waals surface area contributed by atoms with E-state index in [0.29, 0.717) is 0 Å². The van der Waals surface area contributed by atoms with Gasteiger partial charge >= 0.3 is 0 Å². The lowest BCUT2D eigenvalue weighted by Gasteiger charge is -2.00. The second kappa shape index (κ2) is 5.20. The molecule has 0 aliphatic carbocycles. The van der Waals surface area contributed by atoms with Gasteiger partial charge in [-0.1, -0.05) is 32.3 Å². The van der Waals surface area contributed by atoms with Gasteiger partial charge in [0.15, 0.2) is 0 Å². The number of fused-ring (bicyclic) bond motifs is 1. The summed E-state index contributed by atoms with van der Waals surface area (Å²) in [6.07, 6.45) is 6.50. The van der Waals surface area contributed by atoms with Gasteiger partial charge in [-0.25, -0.2) is 0 Å². The van der Waals surface area contributed by atoms with Crippen molar-refractivity contribution in [1.82, 2.24) is 0 Å². The summed E-state index contributed by atoms with van der Waals surface area (Å²) in [5, 5.41) is 1.24. The third kappa shape index (κ3) is 2.66. The van der Waals surface area contributed by atoms with E-state index in [1.54, 1.807) is 0 Å². The molecule has 0 spiro atoms. The molecule has 0 aliphatic rings. The molecule has 1 aromatic heterocycles. The van der Waals surface area contributed by atoms with Gasteiger partial charge in [0.05, 0.1) is 0 Å². The van der Waals surface area contributed by atoms with Crippen LogP contribution in [0.5, 0.6) is 0 Å². The topological polar surface area (TPSA) is 13.1 Å². The molecule has 1 heteroatoms. The molecule has 1 heterocycles. The Kier molecular flexibility index (Phi) is 3.66. The third-order valence-electron chi connectivity index (χ3n) is 3.02. The number of hydrogen-bond acceptors (Lipinski definition) is 1. The summed E-state index contributed by atoms with van der Waals surface area (Å²) in [7, 11) is 0. The van der Waals surface area contributed by atoms with Crippen LogP contribution in [0.3, 0.4) is 0 Å². The average molecular weight is 216 g/mol. The molecule has 2 rings (SSSR count). The molecular formula is C15H20O. The summed E-state index contributed by atoms with van der Waals surface area (Å²) in [6, 6.07) is 8.66. The van der Waals surface area contributed by atoms with Gasteiger partial charge < -0.3 is 4.42 Å². The Hall–Kier alpha value is -1.24. The fraction of sp³-hybridized carbons (Fsp3) is 0.467. The van der Waals surface area contributed by atoms with Crippen LogP contribution in [0, 0.1) is 6.92 Å². The van der Waals surface area contributed by atoms with Gasteiger partial charge in [0.2, 0.25) is 0 Å². The number of aryl methyl sites for hydroxylation is 2. The first-order valence-electron chi connectivity index (χ1n) is 6.28. The molecule has 0 radical (unpaired) electrons. The van der Waals surface area contributed by atoms with Crippen molar-refractivity contribution in [2.24, 2.45) is 0 Å². The summed E-state index contributed by atoms with van der Waals surface area (Å²) in [5.41, 5.74) is 2.44. The van der Waals surface area contributed by atoms with Crippen LogP contribution >= 0.6 is 0 Å². The van der Waals surface area contributed by atoms with Crippen molar-refractivity contribution in [2.75, 3.05) is 0 Å². The largest absolute Gasteiger partial charge is 0.461 e. The van der Waals surface area contributed by atoms with Crippen molar-refractivity contribution in [3.63, 3.8) is 0 Å². The van der Waals surface area contributed by atoms with Crippen LogP contribution in [-0.4, -0.2) is 0 Å². The Labute approximate surface area is 97.5 Å². The summed E-state index contributed by atoms with van der Waals surface area (Å²) in [5.74, 6) is 0.998. The first-order chi connectivity index (χ1) is 7.79. The predicted octanol–water partition coefficient (Wildman–Crippen LogP) is 4.86. The lowest BCUT2D eigenvalue weighted by atomic mass is 10.0. The fourth-order valence-corrected chi connectivity index (χ4v) is 2.14. The van der Waals surface area contributed by atoms with Crippen molar-refractivity contribution in [3.8, 4) is 0 Å². The summed E-state index contributed by atoms with van der Waals surface area (Å²) < 4.78 is 5.57. The molecule has 0 unspecified atom stereocenters. The van der Waals surface area contributed by atoms with Crippen LogP contribution in [-0.2, 0) is 6.42 Å². The Morgan fingerprint density at radius 1 is 1.06 bits per heavy atom. The predicted molar refractivity (Wildman–Crippen MR) is 68.8 cm³/mol. The summed E-state index contributed by atoms with van der Waals surface area (Å²) in [6.45, 7) is 4.25. The van der Waals surface area contributed by atoms with Crippen molar-refractivity contribution >= 4 is 11.0 Å². The highest BCUT2D eigenvalue weighted by molar-refractivity contribution is 5.78. The van der Waals surface area contributed by atoms with E-state index in [1.165, 1.54) is 43.1 Å². The first-order valence-corrected chi connectivity index (χ1v) is 6.28. The number of hydrogen-bond donors (Lipinski definition) is 0. The maximum absolute atomic E-state index is 5.57. The van der Waals surface area contributed by atoms with Crippen LogP contribution in [0.25, 0.3) is 11.0 Å². The van der Waals surface area contributed by atoms with Crippen LogP contribution in [0.1, 0.15) is 43.9 Å².